The van der Waals surface area contributed by atoms with Crippen LogP contribution in [0.1, 0.15) is 24.0 Å². The molecule has 49 heavy (non-hydrogen) atoms. The predicted octanol–water partition coefficient (Wildman–Crippen LogP) is 2.34. The third-order valence-electron chi connectivity index (χ3n) is 9.58. The Labute approximate surface area is 283 Å². The van der Waals surface area contributed by atoms with Crippen LogP contribution >= 0.6 is 0 Å². The van der Waals surface area contributed by atoms with Crippen LogP contribution in [0.2, 0.25) is 0 Å². The van der Waals surface area contributed by atoms with Gasteiger partial charge < -0.3 is 34.4 Å². The van der Waals surface area contributed by atoms with Crippen molar-refractivity contribution < 1.29 is 32.9 Å². The van der Waals surface area contributed by atoms with E-state index in [0.717, 1.165) is 32.5 Å². The van der Waals surface area contributed by atoms with Gasteiger partial charge in [0.1, 0.15) is 17.2 Å². The number of benzene rings is 1. The van der Waals surface area contributed by atoms with Crippen LogP contribution in [0.15, 0.2) is 31.0 Å². The first-order chi connectivity index (χ1) is 23.8. The number of halogens is 2. The average Bonchev–Trinajstić information content (AvgIpc) is 3.91. The lowest BCUT2D eigenvalue weighted by atomic mass is 9.95. The fourth-order valence-electron chi connectivity index (χ4n) is 6.86. The molecule has 5 heterocycles. The Morgan fingerprint density at radius 1 is 1.16 bits per heavy atom. The van der Waals surface area contributed by atoms with E-state index in [1.807, 2.05) is 4.90 Å². The minimum absolute atomic E-state index is 0.00178. The third-order valence-corrected chi connectivity index (χ3v) is 9.58. The van der Waals surface area contributed by atoms with Crippen LogP contribution in [0.3, 0.4) is 0 Å². The lowest BCUT2D eigenvalue weighted by Gasteiger charge is -2.34. The number of hydrogen-bond donors (Lipinski definition) is 2. The van der Waals surface area contributed by atoms with Gasteiger partial charge in [-0.15, -0.1) is 6.42 Å². The summed E-state index contributed by atoms with van der Waals surface area (Å²) in [5.74, 6) is 0.833. The molecule has 1 aromatic carbocycles. The summed E-state index contributed by atoms with van der Waals surface area (Å²) < 4.78 is 49.4. The van der Waals surface area contributed by atoms with Crippen molar-refractivity contribution in [2.75, 3.05) is 82.1 Å². The number of amides is 1. The minimum Gasteiger partial charge on any atom is -0.463 e. The second kappa shape index (κ2) is 13.8. The number of rotatable bonds is 9. The molecule has 0 spiro atoms. The largest absolute Gasteiger partial charge is 0.463 e. The Kier molecular flexibility index (Phi) is 9.34. The van der Waals surface area contributed by atoms with E-state index < -0.39 is 23.8 Å². The molecule has 0 radical (unpaired) electrons. The zero-order chi connectivity index (χ0) is 34.1. The molecule has 4 aliphatic rings. The standard InChI is InChI=1S/C35H39F2N7O5/c1-3-25-27(36)6-5-22-15-24(45)18-44(31(22)25)33-29(37)30-26(16-38-33)32(43-11-14-48-19-23(17-43)39-28(46)4-2)41-34(40-30)49-21-35(7-8-35)20-42-9-12-47-13-10-42/h1,4-6,16,23-24,45H,2,7-15,17-21H2,(H,39,46)/t23-,24-/m1/s1. The molecule has 0 bridgehead atoms. The van der Waals surface area contributed by atoms with Crippen LogP contribution in [0.25, 0.3) is 10.9 Å². The van der Waals surface area contributed by atoms with Crippen LogP contribution in [0.5, 0.6) is 6.01 Å². The van der Waals surface area contributed by atoms with Crippen molar-refractivity contribution in [2.24, 2.45) is 5.41 Å². The molecule has 0 unspecified atom stereocenters. The van der Waals surface area contributed by atoms with E-state index in [-0.39, 0.29) is 59.5 Å². The maximum absolute atomic E-state index is 16.9. The maximum atomic E-state index is 16.9. The first-order valence-electron chi connectivity index (χ1n) is 16.6. The SMILES string of the molecule is C#Cc1c(F)ccc2c1N(c1ncc3c(N4CCOC[C@H](NC(=O)C=C)C4)nc(OCC4(CN5CCOCC5)CC4)nc3c1F)C[C@H](O)C2. The van der Waals surface area contributed by atoms with E-state index in [1.165, 1.54) is 23.2 Å². The Hall–Kier alpha value is -4.42. The van der Waals surface area contributed by atoms with Crippen LogP contribution in [0, 0.1) is 29.4 Å². The molecule has 1 aliphatic carbocycles. The van der Waals surface area contributed by atoms with Crippen LogP contribution in [-0.4, -0.2) is 115 Å². The molecule has 2 atom stereocenters. The molecule has 14 heteroatoms. The summed E-state index contributed by atoms with van der Waals surface area (Å²) >= 11 is 0. The lowest BCUT2D eigenvalue weighted by molar-refractivity contribution is -0.117. The van der Waals surface area contributed by atoms with E-state index in [2.05, 4.69) is 32.7 Å². The van der Waals surface area contributed by atoms with Crippen molar-refractivity contribution in [1.82, 2.24) is 25.2 Å². The van der Waals surface area contributed by atoms with Gasteiger partial charge in [-0.05, 0) is 30.5 Å². The molecule has 2 N–H and O–H groups in total. The zero-order valence-electron chi connectivity index (χ0n) is 27.2. The summed E-state index contributed by atoms with van der Waals surface area (Å²) in [5.41, 5.74) is 0.713. The van der Waals surface area contributed by atoms with Gasteiger partial charge in [-0.25, -0.2) is 13.8 Å². The van der Waals surface area contributed by atoms with E-state index >= 15 is 4.39 Å². The maximum Gasteiger partial charge on any atom is 0.319 e. The van der Waals surface area contributed by atoms with Crippen molar-refractivity contribution in [3.8, 4) is 18.4 Å². The minimum atomic E-state index is -0.874. The van der Waals surface area contributed by atoms with E-state index in [0.29, 0.717) is 56.3 Å². The van der Waals surface area contributed by atoms with Crippen molar-refractivity contribution in [2.45, 2.75) is 31.4 Å². The number of aliphatic hydroxyl groups is 1. The van der Waals surface area contributed by atoms with Gasteiger partial charge in [-0.2, -0.15) is 9.97 Å². The van der Waals surface area contributed by atoms with Crippen molar-refractivity contribution >= 4 is 34.1 Å². The van der Waals surface area contributed by atoms with Crippen LogP contribution in [-0.2, 0) is 20.7 Å². The fourth-order valence-corrected chi connectivity index (χ4v) is 6.86. The summed E-state index contributed by atoms with van der Waals surface area (Å²) in [5, 5.41) is 13.9. The number of β-amino-alcohol motifs (C(OH)–C–C–N with tert-alkyl or cyclic N) is 1. The highest BCUT2D eigenvalue weighted by Crippen LogP contribution is 2.47. The number of aromatic nitrogens is 3. The Morgan fingerprint density at radius 3 is 2.71 bits per heavy atom. The highest BCUT2D eigenvalue weighted by Gasteiger charge is 2.45. The second-order valence-corrected chi connectivity index (χ2v) is 13.1. The normalized spacial score (nSPS) is 22.2. The highest BCUT2D eigenvalue weighted by molar-refractivity contribution is 5.92. The van der Waals surface area contributed by atoms with Crippen LogP contribution < -0.4 is 19.9 Å². The number of pyridine rings is 1. The Balaban J connectivity index is 1.28. The van der Waals surface area contributed by atoms with E-state index in [9.17, 15) is 14.3 Å². The number of aliphatic hydroxyl groups excluding tert-OH is 1. The molecule has 1 amide bonds. The van der Waals surface area contributed by atoms with Gasteiger partial charge in [0.05, 0.1) is 68.4 Å². The first kappa shape index (κ1) is 33.1. The summed E-state index contributed by atoms with van der Waals surface area (Å²) in [7, 11) is 0. The molecule has 2 aromatic heterocycles. The number of anilines is 3. The van der Waals surface area contributed by atoms with Gasteiger partial charge in [-0.3, -0.25) is 9.69 Å². The lowest BCUT2D eigenvalue weighted by Crippen LogP contribution is -2.44. The molecule has 3 aromatic rings. The summed E-state index contributed by atoms with van der Waals surface area (Å²) in [4.78, 5) is 31.7. The summed E-state index contributed by atoms with van der Waals surface area (Å²) in [6, 6.07) is 2.39. The van der Waals surface area contributed by atoms with Gasteiger partial charge in [0.2, 0.25) is 5.91 Å². The Morgan fingerprint density at radius 2 is 1.96 bits per heavy atom. The number of hydrogen-bond acceptors (Lipinski definition) is 11. The summed E-state index contributed by atoms with van der Waals surface area (Å²) in [6.45, 7) is 9.13. The Bertz CT molecular complexity index is 1790. The van der Waals surface area contributed by atoms with Gasteiger partial charge in [0.15, 0.2) is 11.6 Å². The van der Waals surface area contributed by atoms with E-state index in [4.69, 9.17) is 25.6 Å². The second-order valence-electron chi connectivity index (χ2n) is 13.1. The zero-order valence-corrected chi connectivity index (χ0v) is 27.2. The first-order valence-corrected chi connectivity index (χ1v) is 16.6. The number of carbonyl (C=O) groups excluding carboxylic acids is 1. The number of nitrogens with one attached hydrogen (secondary N) is 1. The molecule has 7 rings (SSSR count). The van der Waals surface area contributed by atoms with Crippen molar-refractivity contribution in [3.63, 3.8) is 0 Å². The highest BCUT2D eigenvalue weighted by atomic mass is 19.1. The topological polar surface area (TPSA) is 125 Å². The van der Waals surface area contributed by atoms with Gasteiger partial charge in [-0.1, -0.05) is 18.6 Å². The van der Waals surface area contributed by atoms with Crippen molar-refractivity contribution in [1.29, 1.82) is 0 Å². The number of carbonyl (C=O) groups is 1. The summed E-state index contributed by atoms with van der Waals surface area (Å²) in [6.07, 6.45) is 9.71. The third kappa shape index (κ3) is 6.89. The quantitative estimate of drug-likeness (QED) is 0.257. The van der Waals surface area contributed by atoms with E-state index in [1.54, 1.807) is 6.07 Å². The number of nitrogens with zero attached hydrogens (tertiary/aromatic N) is 6. The number of ether oxygens (including phenoxy) is 3. The number of morpholine rings is 1. The van der Waals surface area contributed by atoms with Crippen LogP contribution in [0.4, 0.5) is 26.1 Å². The smallest absolute Gasteiger partial charge is 0.319 e. The molecule has 3 aliphatic heterocycles. The van der Waals surface area contributed by atoms with Gasteiger partial charge in [0.25, 0.3) is 0 Å². The fraction of sp³-hybridized carbons (Fsp3) is 0.486. The van der Waals surface area contributed by atoms with Gasteiger partial charge in [0, 0.05) is 50.8 Å². The molecular weight excluding hydrogens is 636 g/mol. The molecule has 1 saturated carbocycles. The average molecular weight is 676 g/mol. The molecule has 12 nitrogen and oxygen atoms in total. The van der Waals surface area contributed by atoms with Gasteiger partial charge >= 0.3 is 6.01 Å². The number of fused-ring (bicyclic) bond motifs is 2. The molecular formula is C35H39F2N7O5. The monoisotopic (exact) mass is 675 g/mol. The molecule has 2 saturated heterocycles. The van der Waals surface area contributed by atoms with Crippen molar-refractivity contribution in [3.05, 3.63) is 53.7 Å². The molecule has 258 valence electrons. The predicted molar refractivity (Wildman–Crippen MR) is 178 cm³/mol. The molecule has 3 fully saturated rings. The number of terminal acetylenes is 1.